The number of halogens is 3. The highest BCUT2D eigenvalue weighted by Crippen LogP contribution is 2.34. The van der Waals surface area contributed by atoms with Gasteiger partial charge in [0, 0.05) is 16.3 Å². The van der Waals surface area contributed by atoms with Gasteiger partial charge in [0.2, 0.25) is 0 Å². The number of benzene rings is 1. The van der Waals surface area contributed by atoms with E-state index in [4.69, 9.17) is 4.74 Å². The van der Waals surface area contributed by atoms with Gasteiger partial charge >= 0.3 is 12.1 Å². The fraction of sp³-hybridized carbons (Fsp3) is 0.273. The van der Waals surface area contributed by atoms with E-state index >= 15 is 0 Å². The van der Waals surface area contributed by atoms with Crippen molar-refractivity contribution in [1.29, 1.82) is 0 Å². The third kappa shape index (κ3) is 5.16. The van der Waals surface area contributed by atoms with Crippen molar-refractivity contribution in [3.05, 3.63) is 75.2 Å². The molecule has 1 atom stereocenters. The van der Waals surface area contributed by atoms with Gasteiger partial charge in [-0.15, -0.1) is 11.3 Å². The summed E-state index contributed by atoms with van der Waals surface area (Å²) in [6.07, 6.45) is -5.90. The third-order valence-electron chi connectivity index (χ3n) is 4.83. The molecule has 0 aliphatic heterocycles. The molecule has 1 aromatic carbocycles. The van der Waals surface area contributed by atoms with E-state index < -0.39 is 35.4 Å². The third-order valence-corrected chi connectivity index (χ3v) is 5.69. The summed E-state index contributed by atoms with van der Waals surface area (Å²) < 4.78 is 46.5. The van der Waals surface area contributed by atoms with Crippen LogP contribution in [0, 0.1) is 13.8 Å². The number of aryl methyl sites for hydroxylation is 1. The topological polar surface area (TPSA) is 60.3 Å². The standard InChI is InChI=1S/C22H21F3N2O3S/c1-13-11-17(14(2)27(13)12-16-7-6-10-31-16)21(29)30-15(3)20(28)26-19-9-5-4-8-18(19)22(23,24)25/h4-11,15H,12H2,1-3H3,(H,26,28). The van der Waals surface area contributed by atoms with Crippen LogP contribution in [0.2, 0.25) is 0 Å². The van der Waals surface area contributed by atoms with Gasteiger partial charge in [-0.05, 0) is 50.4 Å². The molecular weight excluding hydrogens is 429 g/mol. The SMILES string of the molecule is Cc1cc(C(=O)OC(C)C(=O)Nc2ccccc2C(F)(F)F)c(C)n1Cc1cccs1. The minimum absolute atomic E-state index is 0.310. The van der Waals surface area contributed by atoms with Gasteiger partial charge in [0.25, 0.3) is 5.91 Å². The van der Waals surface area contributed by atoms with Crippen LogP contribution in [0.25, 0.3) is 0 Å². The van der Waals surface area contributed by atoms with E-state index in [0.29, 0.717) is 17.8 Å². The molecule has 3 aromatic rings. The number of rotatable bonds is 6. The molecule has 2 heterocycles. The lowest BCUT2D eigenvalue weighted by atomic mass is 10.1. The number of ether oxygens (including phenoxy) is 1. The molecule has 0 saturated carbocycles. The first kappa shape index (κ1) is 22.6. The van der Waals surface area contributed by atoms with Crippen LogP contribution < -0.4 is 5.32 Å². The van der Waals surface area contributed by atoms with Crippen LogP contribution in [-0.2, 0) is 22.3 Å². The van der Waals surface area contributed by atoms with E-state index in [2.05, 4.69) is 5.32 Å². The summed E-state index contributed by atoms with van der Waals surface area (Å²) in [5, 5.41) is 4.16. The Morgan fingerprint density at radius 2 is 1.87 bits per heavy atom. The van der Waals surface area contributed by atoms with Crippen molar-refractivity contribution in [3.63, 3.8) is 0 Å². The molecule has 0 saturated heterocycles. The summed E-state index contributed by atoms with van der Waals surface area (Å²) in [6.45, 7) is 5.56. The van der Waals surface area contributed by atoms with Gasteiger partial charge in [-0.3, -0.25) is 4.79 Å². The summed E-state index contributed by atoms with van der Waals surface area (Å²) in [7, 11) is 0. The van der Waals surface area contributed by atoms with Crippen molar-refractivity contribution in [2.45, 2.75) is 39.6 Å². The Hall–Kier alpha value is -3.07. The lowest BCUT2D eigenvalue weighted by molar-refractivity contribution is -0.137. The molecule has 2 aromatic heterocycles. The highest BCUT2D eigenvalue weighted by Gasteiger charge is 2.34. The van der Waals surface area contributed by atoms with Crippen LogP contribution >= 0.6 is 11.3 Å². The second kappa shape index (κ2) is 8.97. The van der Waals surface area contributed by atoms with E-state index in [-0.39, 0.29) is 0 Å². The number of para-hydroxylation sites is 1. The number of carbonyl (C=O) groups excluding carboxylic acids is 2. The minimum atomic E-state index is -4.62. The zero-order valence-corrected chi connectivity index (χ0v) is 17.9. The number of carbonyl (C=O) groups is 2. The van der Waals surface area contributed by atoms with Gasteiger partial charge in [-0.1, -0.05) is 18.2 Å². The first-order chi connectivity index (χ1) is 14.6. The van der Waals surface area contributed by atoms with Crippen LogP contribution in [-0.4, -0.2) is 22.5 Å². The predicted octanol–water partition coefficient (Wildman–Crippen LogP) is 5.42. The first-order valence-electron chi connectivity index (χ1n) is 9.45. The largest absolute Gasteiger partial charge is 0.449 e. The Bertz CT molecular complexity index is 1090. The highest BCUT2D eigenvalue weighted by molar-refractivity contribution is 7.09. The van der Waals surface area contributed by atoms with Crippen LogP contribution in [0.5, 0.6) is 0 Å². The molecule has 0 bridgehead atoms. The Morgan fingerprint density at radius 1 is 1.16 bits per heavy atom. The smallest absolute Gasteiger partial charge is 0.418 e. The number of hydrogen-bond donors (Lipinski definition) is 1. The number of anilines is 1. The van der Waals surface area contributed by atoms with Crippen LogP contribution in [0.3, 0.4) is 0 Å². The van der Waals surface area contributed by atoms with E-state index in [1.54, 1.807) is 24.3 Å². The van der Waals surface area contributed by atoms with Crippen molar-refractivity contribution in [1.82, 2.24) is 4.57 Å². The Balaban J connectivity index is 1.71. The average molecular weight is 450 g/mol. The highest BCUT2D eigenvalue weighted by atomic mass is 32.1. The maximum atomic E-state index is 13.1. The van der Waals surface area contributed by atoms with Gasteiger partial charge < -0.3 is 14.6 Å². The fourth-order valence-corrected chi connectivity index (χ4v) is 3.85. The predicted molar refractivity (Wildman–Crippen MR) is 112 cm³/mol. The molecule has 9 heteroatoms. The van der Waals surface area contributed by atoms with Gasteiger partial charge in [-0.25, -0.2) is 4.79 Å². The Morgan fingerprint density at radius 3 is 2.52 bits per heavy atom. The van der Waals surface area contributed by atoms with E-state index in [1.807, 2.05) is 29.0 Å². The monoisotopic (exact) mass is 450 g/mol. The number of amides is 1. The number of nitrogens with one attached hydrogen (secondary N) is 1. The van der Waals surface area contributed by atoms with Crippen LogP contribution in [0.4, 0.5) is 18.9 Å². The molecular formula is C22H21F3N2O3S. The van der Waals surface area contributed by atoms with Crippen LogP contribution in [0.1, 0.15) is 39.1 Å². The second-order valence-electron chi connectivity index (χ2n) is 7.03. The van der Waals surface area contributed by atoms with E-state index in [9.17, 15) is 22.8 Å². The fourth-order valence-electron chi connectivity index (χ4n) is 3.16. The number of esters is 1. The number of alkyl halides is 3. The van der Waals surface area contributed by atoms with Gasteiger partial charge in [0.15, 0.2) is 6.10 Å². The molecule has 1 N–H and O–H groups in total. The minimum Gasteiger partial charge on any atom is -0.449 e. The quantitative estimate of drug-likeness (QED) is 0.511. The molecule has 3 rings (SSSR count). The Labute approximate surface area is 181 Å². The lowest BCUT2D eigenvalue weighted by Crippen LogP contribution is -2.31. The molecule has 0 spiro atoms. The lowest BCUT2D eigenvalue weighted by Gasteiger charge is -2.17. The molecule has 31 heavy (non-hydrogen) atoms. The molecule has 0 aliphatic rings. The number of nitrogens with zero attached hydrogens (tertiary/aromatic N) is 1. The molecule has 0 radical (unpaired) electrons. The van der Waals surface area contributed by atoms with Crippen molar-refractivity contribution in [2.24, 2.45) is 0 Å². The maximum absolute atomic E-state index is 13.1. The van der Waals surface area contributed by atoms with Crippen molar-refractivity contribution < 1.29 is 27.5 Å². The molecule has 1 unspecified atom stereocenters. The number of aromatic nitrogens is 1. The van der Waals surface area contributed by atoms with Gasteiger partial charge in [0.05, 0.1) is 23.4 Å². The van der Waals surface area contributed by atoms with E-state index in [1.165, 1.54) is 19.1 Å². The zero-order chi connectivity index (χ0) is 22.8. The second-order valence-corrected chi connectivity index (χ2v) is 8.06. The molecule has 0 fully saturated rings. The summed E-state index contributed by atoms with van der Waals surface area (Å²) in [6, 6.07) is 10.2. The average Bonchev–Trinajstić information content (AvgIpc) is 3.31. The van der Waals surface area contributed by atoms with Crippen molar-refractivity contribution in [3.8, 4) is 0 Å². The molecule has 5 nitrogen and oxygen atoms in total. The van der Waals surface area contributed by atoms with Crippen molar-refractivity contribution >= 4 is 28.9 Å². The summed E-state index contributed by atoms with van der Waals surface area (Å²) >= 11 is 1.60. The van der Waals surface area contributed by atoms with Crippen LogP contribution in [0.15, 0.2) is 47.8 Å². The summed E-state index contributed by atoms with van der Waals surface area (Å²) in [5.74, 6) is -1.56. The van der Waals surface area contributed by atoms with Gasteiger partial charge in [-0.2, -0.15) is 13.2 Å². The normalized spacial score (nSPS) is 12.5. The summed E-state index contributed by atoms with van der Waals surface area (Å²) in [5.41, 5.74) is 0.486. The molecule has 164 valence electrons. The first-order valence-corrected chi connectivity index (χ1v) is 10.3. The van der Waals surface area contributed by atoms with E-state index in [0.717, 1.165) is 22.7 Å². The zero-order valence-electron chi connectivity index (χ0n) is 17.1. The maximum Gasteiger partial charge on any atom is 0.418 e. The van der Waals surface area contributed by atoms with Gasteiger partial charge in [0.1, 0.15) is 0 Å². The summed E-state index contributed by atoms with van der Waals surface area (Å²) in [4.78, 5) is 26.1. The number of hydrogen-bond acceptors (Lipinski definition) is 4. The van der Waals surface area contributed by atoms with Crippen molar-refractivity contribution in [2.75, 3.05) is 5.32 Å². The molecule has 1 amide bonds. The molecule has 0 aliphatic carbocycles. The number of thiophene rings is 1. The Kier molecular flexibility index (Phi) is 6.54.